The van der Waals surface area contributed by atoms with Crippen LogP contribution in [0.15, 0.2) is 18.2 Å². The number of nitrogen functional groups attached to an aromatic ring is 1. The molecule has 0 amide bonds. The van der Waals surface area contributed by atoms with E-state index in [4.69, 9.17) is 11.1 Å². The molecule has 4 nitrogen and oxygen atoms in total. The standard InChI is InChI=1S/C15H23FN4/c1-3-20-7-6-19(9-11(20)2)10-13-5-4-12(15(17)18)8-14(13)16/h4-5,8,11H,3,6-7,9-10H2,1-2H3,(H3,17,18). The van der Waals surface area contributed by atoms with Crippen molar-refractivity contribution in [2.24, 2.45) is 5.73 Å². The van der Waals surface area contributed by atoms with Crippen molar-refractivity contribution in [2.45, 2.75) is 26.4 Å². The van der Waals surface area contributed by atoms with Gasteiger partial charge in [-0.15, -0.1) is 0 Å². The molecule has 20 heavy (non-hydrogen) atoms. The van der Waals surface area contributed by atoms with Crippen molar-refractivity contribution in [1.82, 2.24) is 9.80 Å². The maximum atomic E-state index is 14.0. The van der Waals surface area contributed by atoms with Gasteiger partial charge < -0.3 is 5.73 Å². The first-order valence-electron chi connectivity index (χ1n) is 7.10. The van der Waals surface area contributed by atoms with Gasteiger partial charge in [-0.05, 0) is 19.5 Å². The minimum absolute atomic E-state index is 0.0966. The Labute approximate surface area is 119 Å². The molecule has 0 aromatic heterocycles. The smallest absolute Gasteiger partial charge is 0.128 e. The summed E-state index contributed by atoms with van der Waals surface area (Å²) in [5.41, 5.74) is 6.48. The molecule has 1 aliphatic heterocycles. The second kappa shape index (κ2) is 6.33. The van der Waals surface area contributed by atoms with Gasteiger partial charge >= 0.3 is 0 Å². The molecule has 3 N–H and O–H groups in total. The molecule has 0 spiro atoms. The number of halogens is 1. The van der Waals surface area contributed by atoms with E-state index in [1.807, 2.05) is 0 Å². The first-order chi connectivity index (χ1) is 9.51. The average molecular weight is 278 g/mol. The third kappa shape index (κ3) is 3.35. The Morgan fingerprint density at radius 2 is 2.20 bits per heavy atom. The molecule has 1 heterocycles. The van der Waals surface area contributed by atoms with Crippen molar-refractivity contribution < 1.29 is 4.39 Å². The highest BCUT2D eigenvalue weighted by molar-refractivity contribution is 5.94. The van der Waals surface area contributed by atoms with E-state index < -0.39 is 0 Å². The monoisotopic (exact) mass is 278 g/mol. The molecule has 0 radical (unpaired) electrons. The van der Waals surface area contributed by atoms with Crippen LogP contribution in [0.3, 0.4) is 0 Å². The second-order valence-corrected chi connectivity index (χ2v) is 5.43. The third-order valence-corrected chi connectivity index (χ3v) is 4.01. The van der Waals surface area contributed by atoms with Gasteiger partial charge in [-0.1, -0.05) is 19.1 Å². The number of amidine groups is 1. The van der Waals surface area contributed by atoms with Gasteiger partial charge in [-0.2, -0.15) is 0 Å². The normalized spacial score (nSPS) is 21.1. The van der Waals surface area contributed by atoms with Crippen molar-refractivity contribution in [3.05, 3.63) is 35.1 Å². The van der Waals surface area contributed by atoms with Gasteiger partial charge in [0.15, 0.2) is 0 Å². The lowest BCUT2D eigenvalue weighted by atomic mass is 10.1. The quantitative estimate of drug-likeness (QED) is 0.650. The van der Waals surface area contributed by atoms with Gasteiger partial charge in [-0.25, -0.2) is 4.39 Å². The summed E-state index contributed by atoms with van der Waals surface area (Å²) in [6, 6.07) is 5.31. The molecule has 0 saturated carbocycles. The summed E-state index contributed by atoms with van der Waals surface area (Å²) in [5.74, 6) is -0.371. The van der Waals surface area contributed by atoms with E-state index in [-0.39, 0.29) is 11.7 Å². The molecule has 110 valence electrons. The number of rotatable bonds is 4. The predicted octanol–water partition coefficient (Wildman–Crippen LogP) is 1.64. The lowest BCUT2D eigenvalue weighted by Crippen LogP contribution is -2.51. The molecular formula is C15H23FN4. The number of hydrogen-bond acceptors (Lipinski definition) is 3. The molecule has 1 fully saturated rings. The summed E-state index contributed by atoms with van der Waals surface area (Å²) >= 11 is 0. The summed E-state index contributed by atoms with van der Waals surface area (Å²) in [6.07, 6.45) is 0. The highest BCUT2D eigenvalue weighted by atomic mass is 19.1. The fraction of sp³-hybridized carbons (Fsp3) is 0.533. The zero-order chi connectivity index (χ0) is 14.7. The van der Waals surface area contributed by atoms with Crippen LogP contribution in [0.4, 0.5) is 4.39 Å². The Kier molecular flexibility index (Phi) is 4.73. The Morgan fingerprint density at radius 3 is 2.75 bits per heavy atom. The van der Waals surface area contributed by atoms with Crippen LogP contribution < -0.4 is 5.73 Å². The third-order valence-electron chi connectivity index (χ3n) is 4.01. The minimum Gasteiger partial charge on any atom is -0.384 e. The Bertz CT molecular complexity index is 489. The predicted molar refractivity (Wildman–Crippen MR) is 79.4 cm³/mol. The molecule has 2 rings (SSSR count). The van der Waals surface area contributed by atoms with Crippen LogP contribution in [0.5, 0.6) is 0 Å². The number of nitrogens with zero attached hydrogens (tertiary/aromatic N) is 2. The lowest BCUT2D eigenvalue weighted by molar-refractivity contribution is 0.0827. The van der Waals surface area contributed by atoms with E-state index in [2.05, 4.69) is 23.6 Å². The molecule has 1 saturated heterocycles. The van der Waals surface area contributed by atoms with Gasteiger partial charge in [0, 0.05) is 43.3 Å². The molecule has 0 bridgehead atoms. The molecule has 5 heteroatoms. The van der Waals surface area contributed by atoms with Crippen molar-refractivity contribution in [2.75, 3.05) is 26.2 Å². The average Bonchev–Trinajstić information content (AvgIpc) is 2.41. The maximum Gasteiger partial charge on any atom is 0.128 e. The van der Waals surface area contributed by atoms with Crippen LogP contribution in [-0.2, 0) is 6.54 Å². The van der Waals surface area contributed by atoms with E-state index >= 15 is 0 Å². The van der Waals surface area contributed by atoms with Crippen LogP contribution >= 0.6 is 0 Å². The Balaban J connectivity index is 2.02. The van der Waals surface area contributed by atoms with Gasteiger partial charge in [0.05, 0.1) is 0 Å². The lowest BCUT2D eigenvalue weighted by Gasteiger charge is -2.39. The summed E-state index contributed by atoms with van der Waals surface area (Å²) in [4.78, 5) is 4.72. The molecule has 1 atom stereocenters. The summed E-state index contributed by atoms with van der Waals surface area (Å²) in [5, 5.41) is 7.32. The summed E-state index contributed by atoms with van der Waals surface area (Å²) in [7, 11) is 0. The molecule has 1 aromatic carbocycles. The number of likely N-dealkylation sites (N-methyl/N-ethyl adjacent to an activating group) is 1. The highest BCUT2D eigenvalue weighted by Crippen LogP contribution is 2.16. The highest BCUT2D eigenvalue weighted by Gasteiger charge is 2.22. The van der Waals surface area contributed by atoms with E-state index in [1.54, 1.807) is 12.1 Å². The van der Waals surface area contributed by atoms with E-state index in [0.717, 1.165) is 26.2 Å². The number of hydrogen-bond donors (Lipinski definition) is 2. The molecular weight excluding hydrogens is 255 g/mol. The number of nitrogens with one attached hydrogen (secondary N) is 1. The topological polar surface area (TPSA) is 56.4 Å². The molecule has 1 unspecified atom stereocenters. The van der Waals surface area contributed by atoms with Crippen LogP contribution in [0.1, 0.15) is 25.0 Å². The summed E-state index contributed by atoms with van der Waals surface area (Å²) < 4.78 is 14.0. The Hall–Kier alpha value is -1.46. The van der Waals surface area contributed by atoms with E-state index in [1.165, 1.54) is 6.07 Å². The van der Waals surface area contributed by atoms with Crippen molar-refractivity contribution in [3.63, 3.8) is 0 Å². The van der Waals surface area contributed by atoms with Gasteiger partial charge in [0.1, 0.15) is 11.7 Å². The fourth-order valence-electron chi connectivity index (χ4n) is 2.77. The van der Waals surface area contributed by atoms with E-state index in [9.17, 15) is 4.39 Å². The summed E-state index contributed by atoms with van der Waals surface area (Å²) in [6.45, 7) is 9.03. The molecule has 1 aliphatic rings. The van der Waals surface area contributed by atoms with Gasteiger partial charge in [0.2, 0.25) is 0 Å². The van der Waals surface area contributed by atoms with Crippen LogP contribution in [0.25, 0.3) is 0 Å². The van der Waals surface area contributed by atoms with Gasteiger partial charge in [-0.3, -0.25) is 15.2 Å². The van der Waals surface area contributed by atoms with Crippen LogP contribution in [0.2, 0.25) is 0 Å². The second-order valence-electron chi connectivity index (χ2n) is 5.43. The van der Waals surface area contributed by atoms with Gasteiger partial charge in [0.25, 0.3) is 0 Å². The zero-order valence-corrected chi connectivity index (χ0v) is 12.2. The molecule has 0 aliphatic carbocycles. The fourth-order valence-corrected chi connectivity index (χ4v) is 2.77. The first kappa shape index (κ1) is 14.9. The number of piperazine rings is 1. The molecule has 1 aromatic rings. The van der Waals surface area contributed by atoms with Crippen molar-refractivity contribution in [1.29, 1.82) is 5.41 Å². The first-order valence-corrected chi connectivity index (χ1v) is 7.10. The number of benzene rings is 1. The van der Waals surface area contributed by atoms with Crippen molar-refractivity contribution in [3.8, 4) is 0 Å². The Morgan fingerprint density at radius 1 is 1.45 bits per heavy atom. The van der Waals surface area contributed by atoms with Crippen molar-refractivity contribution >= 4 is 5.84 Å². The van der Waals surface area contributed by atoms with E-state index in [0.29, 0.717) is 23.7 Å². The van der Waals surface area contributed by atoms with Crippen LogP contribution in [-0.4, -0.2) is 47.9 Å². The largest absolute Gasteiger partial charge is 0.384 e. The minimum atomic E-state index is -0.275. The SMILES string of the molecule is CCN1CCN(Cc2ccc(C(=N)N)cc2F)CC1C. The van der Waals surface area contributed by atoms with Crippen LogP contribution in [0, 0.1) is 11.2 Å². The number of nitrogens with two attached hydrogens (primary N) is 1. The zero-order valence-electron chi connectivity index (χ0n) is 12.2. The maximum absolute atomic E-state index is 14.0.